The lowest BCUT2D eigenvalue weighted by Gasteiger charge is -2.33. The third-order valence-corrected chi connectivity index (χ3v) is 12.4. The number of nitrogens with zero attached hydrogens (tertiary/aromatic N) is 6. The molecule has 0 spiro atoms. The van der Waals surface area contributed by atoms with Crippen LogP contribution in [0.3, 0.4) is 0 Å². The van der Waals surface area contributed by atoms with Crippen molar-refractivity contribution in [2.24, 2.45) is 35.4 Å². The first-order valence-corrected chi connectivity index (χ1v) is 29.8. The van der Waals surface area contributed by atoms with E-state index in [2.05, 4.69) is 68.4 Å². The summed E-state index contributed by atoms with van der Waals surface area (Å²) >= 11 is 0. The van der Waals surface area contributed by atoms with E-state index in [1.54, 1.807) is 0 Å². The minimum atomic E-state index is -1.75. The van der Waals surface area contributed by atoms with Crippen molar-refractivity contribution in [3.05, 3.63) is 12.7 Å². The lowest BCUT2D eigenvalue weighted by molar-refractivity contribution is -0.138. The molecule has 0 aromatic heterocycles. The van der Waals surface area contributed by atoms with Gasteiger partial charge in [0.05, 0.1) is 44.7 Å². The van der Waals surface area contributed by atoms with Crippen molar-refractivity contribution in [3.63, 3.8) is 0 Å². The largest absolute Gasteiger partial charge is 0.448 e. The second-order valence-corrected chi connectivity index (χ2v) is 19.5. The van der Waals surface area contributed by atoms with Crippen molar-refractivity contribution in [3.8, 4) is 0 Å². The Balaban J connectivity index is 0. The highest BCUT2D eigenvalue weighted by atomic mass is 16.6. The maximum atomic E-state index is 12.9. The molecule has 0 aliphatic heterocycles. The monoisotopic (exact) mass is 1230 g/mol. The maximum Gasteiger partial charge on any atom is 0.407 e. The second-order valence-electron chi connectivity index (χ2n) is 19.5. The minimum absolute atomic E-state index is 0.270. The van der Waals surface area contributed by atoms with Gasteiger partial charge in [0.15, 0.2) is 6.10 Å². The van der Waals surface area contributed by atoms with Crippen LogP contribution in [0.5, 0.6) is 0 Å². The summed E-state index contributed by atoms with van der Waals surface area (Å²) in [6, 6.07) is 0. The van der Waals surface area contributed by atoms with Gasteiger partial charge in [-0.25, -0.2) is 82.7 Å². The van der Waals surface area contributed by atoms with Gasteiger partial charge in [-0.2, -0.15) is 0 Å². The summed E-state index contributed by atoms with van der Waals surface area (Å²) in [6.07, 6.45) is 22.1. The number of ether oxygens (including phenoxy) is 5. The van der Waals surface area contributed by atoms with E-state index in [1.165, 1.54) is 42.6 Å². The molecule has 0 aliphatic rings. The fraction of sp³-hybridized carbons (Fsp3) is 0.754. The quantitative estimate of drug-likeness (QED) is 0.0121. The van der Waals surface area contributed by atoms with Crippen LogP contribution in [-0.2, 0) is 57.2 Å². The highest BCUT2D eigenvalue weighted by Crippen LogP contribution is 2.26. The molecule has 0 aliphatic carbocycles. The number of carbonyl (C=O) groups is 6. The van der Waals surface area contributed by atoms with Gasteiger partial charge in [-0.3, -0.25) is 4.79 Å². The van der Waals surface area contributed by atoms with Crippen LogP contribution in [0.4, 0.5) is 24.0 Å². The Kier molecular flexibility index (Phi) is 57.9. The molecule has 6 amide bonds. The van der Waals surface area contributed by atoms with Gasteiger partial charge >= 0.3 is 30.5 Å². The number of aliphatic hydroxyl groups excluding tert-OH is 1. The zero-order valence-corrected chi connectivity index (χ0v) is 50.3. The molecular weight excluding hydrogens is 1140 g/mol. The van der Waals surface area contributed by atoms with Gasteiger partial charge in [0.25, 0.3) is 0 Å². The van der Waals surface area contributed by atoms with Gasteiger partial charge in [0.1, 0.15) is 32.5 Å². The SMILES string of the molecule is C=CC(COC(=O)NCCCCCCN=C=O)(COC(=O)NCCCCCCN=C=O)C(O)C(=O)NCCCCCCN=C=O.O=C=NCCCCCCNC(=O)OCC(COC(=O)NCCCCCCN=C=O)OC(=O)NCCCCCCN=C=O. The zero-order valence-electron chi connectivity index (χ0n) is 50.3. The van der Waals surface area contributed by atoms with Crippen molar-refractivity contribution in [1.29, 1.82) is 0 Å². The fourth-order valence-corrected chi connectivity index (χ4v) is 7.49. The second kappa shape index (κ2) is 62.3. The molecule has 0 radical (unpaired) electrons. The first kappa shape index (κ1) is 80.9. The standard InChI is InChI=1S/C30H48N6O9.C27H44N6O9/c1-2-30(21-44-28(42)35-19-13-7-4-10-16-32-24-38,22-45-29(43)36-20-14-8-5-11-17-33-25-39)26(40)27(41)34-18-12-6-3-9-15-31-23-37;34-21-28-13-7-1-4-10-16-31-25(37)40-19-24(42-27(39)33-18-12-6-3-9-15-30-23-36)20-41-26(38)32-17-11-5-2-8-14-29-22-35/h2,26,40H,1,3-22H2,(H,34,41)(H,35,42)(H,36,43);24H,1-20H2,(H,31,37)(H,32,38)(H,33,39). The number of rotatable bonds is 54. The van der Waals surface area contributed by atoms with Gasteiger partial charge in [0, 0.05) is 39.3 Å². The van der Waals surface area contributed by atoms with Crippen molar-refractivity contribution in [2.45, 2.75) is 166 Å². The normalized spacial score (nSPS) is 11.4. The number of isocyanates is 6. The van der Waals surface area contributed by atoms with Gasteiger partial charge in [-0.1, -0.05) is 83.1 Å². The molecule has 1 unspecified atom stereocenters. The van der Waals surface area contributed by atoms with E-state index in [1.807, 2.05) is 0 Å². The zero-order chi connectivity index (χ0) is 64.4. The number of nitrogens with one attached hydrogen (secondary N) is 6. The number of aliphatic imine (C=N–C) groups is 6. The van der Waals surface area contributed by atoms with Gasteiger partial charge < -0.3 is 60.7 Å². The van der Waals surface area contributed by atoms with Crippen LogP contribution >= 0.6 is 0 Å². The van der Waals surface area contributed by atoms with E-state index in [0.717, 1.165) is 116 Å². The van der Waals surface area contributed by atoms with Crippen LogP contribution in [0.25, 0.3) is 0 Å². The highest BCUT2D eigenvalue weighted by Gasteiger charge is 2.43. The molecule has 0 saturated carbocycles. The lowest BCUT2D eigenvalue weighted by Crippen LogP contribution is -2.52. The van der Waals surface area contributed by atoms with E-state index < -0.39 is 67.2 Å². The average Bonchev–Trinajstić information content (AvgIpc) is 2.97. The number of aliphatic hydroxyl groups is 1. The van der Waals surface area contributed by atoms with Crippen molar-refractivity contribution in [2.75, 3.05) is 105 Å². The fourth-order valence-electron chi connectivity index (χ4n) is 7.49. The molecule has 30 nitrogen and oxygen atoms in total. The molecule has 0 saturated heterocycles. The van der Waals surface area contributed by atoms with Gasteiger partial charge in [-0.15, -0.1) is 6.58 Å². The smallest absolute Gasteiger partial charge is 0.407 e. The highest BCUT2D eigenvalue weighted by molar-refractivity contribution is 5.82. The molecule has 30 heteroatoms. The first-order valence-electron chi connectivity index (χ1n) is 29.8. The van der Waals surface area contributed by atoms with Crippen LogP contribution in [0.2, 0.25) is 0 Å². The van der Waals surface area contributed by atoms with Crippen molar-refractivity contribution < 1.29 is 86.3 Å². The van der Waals surface area contributed by atoms with Gasteiger partial charge in [-0.05, 0) is 77.0 Å². The van der Waals surface area contributed by atoms with E-state index in [4.69, 9.17) is 23.7 Å². The summed E-state index contributed by atoms with van der Waals surface area (Å²) in [5.41, 5.74) is -1.64. The van der Waals surface area contributed by atoms with E-state index in [-0.39, 0.29) is 19.8 Å². The third-order valence-electron chi connectivity index (χ3n) is 12.4. The molecule has 488 valence electrons. The Hall–Kier alpha value is -8.20. The molecule has 0 bridgehead atoms. The minimum Gasteiger partial charge on any atom is -0.448 e. The maximum absolute atomic E-state index is 12.9. The topological polar surface area (TPSA) is 418 Å². The third kappa shape index (κ3) is 54.2. The summed E-state index contributed by atoms with van der Waals surface area (Å²) in [7, 11) is 0. The lowest BCUT2D eigenvalue weighted by atomic mass is 9.83. The number of amides is 6. The molecular formula is C57H92N12O18. The van der Waals surface area contributed by atoms with Gasteiger partial charge in [0.2, 0.25) is 42.4 Å². The summed E-state index contributed by atoms with van der Waals surface area (Å²) in [5.74, 6) is -0.744. The predicted molar refractivity (Wildman–Crippen MR) is 316 cm³/mol. The van der Waals surface area contributed by atoms with E-state index >= 15 is 0 Å². The first-order chi connectivity index (χ1) is 42.4. The molecule has 0 aromatic carbocycles. The average molecular weight is 1230 g/mol. The molecule has 0 aromatic rings. The summed E-state index contributed by atoms with van der Waals surface area (Å²) in [4.78, 5) is 155. The number of carbonyl (C=O) groups excluding carboxylic acids is 12. The molecule has 7 N–H and O–H groups in total. The van der Waals surface area contributed by atoms with Crippen LogP contribution < -0.4 is 31.9 Å². The Morgan fingerprint density at radius 1 is 0.368 bits per heavy atom. The summed E-state index contributed by atoms with van der Waals surface area (Å²) in [5, 5.41) is 26.7. The molecule has 0 rings (SSSR count). The number of hydrogen-bond donors (Lipinski definition) is 7. The Morgan fingerprint density at radius 3 is 0.874 bits per heavy atom. The van der Waals surface area contributed by atoms with Crippen LogP contribution in [0, 0.1) is 5.41 Å². The summed E-state index contributed by atoms with van der Waals surface area (Å²) < 4.78 is 26.2. The van der Waals surface area contributed by atoms with Crippen molar-refractivity contribution in [1.82, 2.24) is 31.9 Å². The van der Waals surface area contributed by atoms with Crippen LogP contribution in [0.1, 0.15) is 154 Å². The number of unbranched alkanes of at least 4 members (excludes halogenated alkanes) is 18. The Bertz CT molecular complexity index is 2090. The van der Waals surface area contributed by atoms with E-state index in [9.17, 15) is 62.6 Å². The number of hydrogen-bond acceptors (Lipinski definition) is 24. The number of alkyl carbamates (subject to hydrolysis) is 5. The molecule has 87 heavy (non-hydrogen) atoms. The summed E-state index contributed by atoms with van der Waals surface area (Å²) in [6.45, 7) is 6.64. The molecule has 0 heterocycles. The van der Waals surface area contributed by atoms with E-state index in [0.29, 0.717) is 111 Å². The molecule has 1 atom stereocenters. The Labute approximate surface area is 508 Å². The van der Waals surface area contributed by atoms with Crippen molar-refractivity contribution >= 4 is 72.9 Å². The molecule has 0 fully saturated rings. The van der Waals surface area contributed by atoms with Crippen LogP contribution in [0.15, 0.2) is 42.6 Å². The predicted octanol–water partition coefficient (Wildman–Crippen LogP) is 6.00. The Morgan fingerprint density at radius 2 is 0.609 bits per heavy atom. The van der Waals surface area contributed by atoms with Crippen LogP contribution in [-0.4, -0.2) is 195 Å².